The van der Waals surface area contributed by atoms with Crippen LogP contribution in [-0.2, 0) is 19.0 Å². The number of fused-ring (bicyclic) bond motifs is 3. The number of carbonyl (C=O) groups is 1. The van der Waals surface area contributed by atoms with Gasteiger partial charge in [0.1, 0.15) is 30.0 Å². The molecule has 3 fully saturated rings. The molecular formula is C21H32O9. The second kappa shape index (κ2) is 7.51. The van der Waals surface area contributed by atoms with E-state index in [2.05, 4.69) is 6.92 Å². The smallest absolute Gasteiger partial charge is 0.312 e. The highest BCUT2D eigenvalue weighted by Crippen LogP contribution is 2.57. The zero-order valence-corrected chi connectivity index (χ0v) is 17.5. The molecule has 0 amide bonds. The van der Waals surface area contributed by atoms with Crippen molar-refractivity contribution in [3.63, 3.8) is 0 Å². The molecule has 0 aromatic carbocycles. The van der Waals surface area contributed by atoms with E-state index < -0.39 is 67.0 Å². The summed E-state index contributed by atoms with van der Waals surface area (Å²) in [5, 5.41) is 50.9. The lowest BCUT2D eigenvalue weighted by Crippen LogP contribution is -2.60. The van der Waals surface area contributed by atoms with E-state index in [4.69, 9.17) is 14.2 Å². The number of aliphatic hydroxyl groups is 5. The molecular weight excluding hydrogens is 396 g/mol. The van der Waals surface area contributed by atoms with Crippen molar-refractivity contribution in [1.29, 1.82) is 0 Å². The van der Waals surface area contributed by atoms with Crippen molar-refractivity contribution in [1.82, 2.24) is 0 Å². The van der Waals surface area contributed by atoms with E-state index in [0.29, 0.717) is 12.8 Å². The van der Waals surface area contributed by atoms with Crippen LogP contribution in [0.1, 0.15) is 46.5 Å². The second-order valence-corrected chi connectivity index (χ2v) is 9.55. The lowest BCUT2D eigenvalue weighted by atomic mass is 9.57. The Kier molecular flexibility index (Phi) is 5.54. The van der Waals surface area contributed by atoms with Gasteiger partial charge in [0, 0.05) is 0 Å². The van der Waals surface area contributed by atoms with Gasteiger partial charge in [0.25, 0.3) is 0 Å². The highest BCUT2D eigenvalue weighted by atomic mass is 16.7. The molecule has 0 aromatic rings. The Bertz CT molecular complexity index is 736. The summed E-state index contributed by atoms with van der Waals surface area (Å²) >= 11 is 0. The van der Waals surface area contributed by atoms with Crippen molar-refractivity contribution in [2.24, 2.45) is 11.3 Å². The monoisotopic (exact) mass is 428 g/mol. The minimum absolute atomic E-state index is 0.236. The first-order valence-corrected chi connectivity index (χ1v) is 10.6. The summed E-state index contributed by atoms with van der Waals surface area (Å²) in [4.78, 5) is 12.2. The fourth-order valence-electron chi connectivity index (χ4n) is 5.63. The van der Waals surface area contributed by atoms with E-state index in [0.717, 1.165) is 24.0 Å². The van der Waals surface area contributed by atoms with Gasteiger partial charge in [-0.1, -0.05) is 6.92 Å². The third-order valence-electron chi connectivity index (χ3n) is 7.79. The molecule has 2 heterocycles. The molecule has 5 N–H and O–H groups in total. The Morgan fingerprint density at radius 3 is 2.50 bits per heavy atom. The van der Waals surface area contributed by atoms with Gasteiger partial charge in [-0.2, -0.15) is 0 Å². The van der Waals surface area contributed by atoms with Crippen molar-refractivity contribution < 1.29 is 44.5 Å². The first-order valence-electron chi connectivity index (χ1n) is 10.6. The van der Waals surface area contributed by atoms with Crippen LogP contribution in [0.3, 0.4) is 0 Å². The summed E-state index contributed by atoms with van der Waals surface area (Å²) in [6.45, 7) is 5.12. The maximum atomic E-state index is 12.2. The maximum absolute atomic E-state index is 12.2. The van der Waals surface area contributed by atoms with Crippen LogP contribution in [0.15, 0.2) is 11.1 Å². The summed E-state index contributed by atoms with van der Waals surface area (Å²) in [6.07, 6.45) is -5.41. The number of esters is 1. The van der Waals surface area contributed by atoms with E-state index in [-0.39, 0.29) is 5.41 Å². The van der Waals surface area contributed by atoms with E-state index in [1.54, 1.807) is 6.92 Å². The third kappa shape index (κ3) is 3.14. The largest absolute Gasteiger partial charge is 0.454 e. The fraction of sp³-hybridized carbons (Fsp3) is 0.857. The standard InChI is InChI=1S/C21H32O9/c1-9-11(28-19-16(25)15(24)14(23)12(8-22)29-19)4-5-20(3)6-7-21(27)10(2)18(26)30-17(21)13(9)20/h10-12,14-17,19,22-25,27H,4-8H2,1-3H3/t10-,11+,12-,14-,15+,16+,17+,19-,20-,21-/m1/s1. The Balaban J connectivity index is 1.62. The van der Waals surface area contributed by atoms with E-state index >= 15 is 0 Å². The number of hydrogen-bond acceptors (Lipinski definition) is 9. The van der Waals surface area contributed by atoms with Crippen LogP contribution < -0.4 is 0 Å². The van der Waals surface area contributed by atoms with Gasteiger partial charge in [0.05, 0.1) is 18.6 Å². The van der Waals surface area contributed by atoms with Gasteiger partial charge in [-0.25, -0.2) is 0 Å². The number of aliphatic hydroxyl groups excluding tert-OH is 4. The zero-order chi connectivity index (χ0) is 22.0. The van der Waals surface area contributed by atoms with Crippen LogP contribution in [0.25, 0.3) is 0 Å². The molecule has 0 spiro atoms. The van der Waals surface area contributed by atoms with E-state index in [1.807, 2.05) is 6.92 Å². The van der Waals surface area contributed by atoms with E-state index in [1.165, 1.54) is 0 Å². The van der Waals surface area contributed by atoms with Crippen LogP contribution in [0.2, 0.25) is 0 Å². The fourth-order valence-corrected chi connectivity index (χ4v) is 5.63. The summed E-state index contributed by atoms with van der Waals surface area (Å²) in [6, 6.07) is 0. The zero-order valence-electron chi connectivity index (χ0n) is 17.5. The molecule has 10 atom stereocenters. The van der Waals surface area contributed by atoms with Gasteiger partial charge in [-0.3, -0.25) is 4.79 Å². The molecule has 2 saturated heterocycles. The maximum Gasteiger partial charge on any atom is 0.312 e. The minimum atomic E-state index is -1.51. The molecule has 2 aliphatic carbocycles. The molecule has 0 unspecified atom stereocenters. The normalized spacial score (nSPS) is 51.4. The number of ether oxygens (including phenoxy) is 3. The molecule has 30 heavy (non-hydrogen) atoms. The summed E-state index contributed by atoms with van der Waals surface area (Å²) in [5.74, 6) is -1.02. The first kappa shape index (κ1) is 22.1. The predicted octanol–water partition coefficient (Wildman–Crippen LogP) is -0.625. The van der Waals surface area contributed by atoms with Crippen LogP contribution in [0.5, 0.6) is 0 Å². The highest BCUT2D eigenvalue weighted by molar-refractivity contribution is 5.77. The van der Waals surface area contributed by atoms with Crippen molar-refractivity contribution in [2.45, 2.75) is 95.0 Å². The third-order valence-corrected chi connectivity index (χ3v) is 7.79. The van der Waals surface area contributed by atoms with Gasteiger partial charge >= 0.3 is 5.97 Å². The van der Waals surface area contributed by atoms with Gasteiger partial charge in [-0.15, -0.1) is 0 Å². The van der Waals surface area contributed by atoms with Crippen LogP contribution >= 0.6 is 0 Å². The number of carbonyl (C=O) groups excluding carboxylic acids is 1. The van der Waals surface area contributed by atoms with Crippen molar-refractivity contribution in [3.8, 4) is 0 Å². The molecule has 170 valence electrons. The van der Waals surface area contributed by atoms with Crippen LogP contribution in [0.4, 0.5) is 0 Å². The SMILES string of the molecule is CC1=C2[C@@H]3OC(=O)[C@@H](C)[C@]3(O)CC[C@@]2(C)CC[C@@H]1O[C@@H]1O[C@H](CO)[C@@H](O)[C@H](O)[C@@H]1O. The van der Waals surface area contributed by atoms with Crippen molar-refractivity contribution in [3.05, 3.63) is 11.1 Å². The lowest BCUT2D eigenvalue weighted by molar-refractivity contribution is -0.309. The molecule has 0 aromatic heterocycles. The Morgan fingerprint density at radius 1 is 1.13 bits per heavy atom. The summed E-state index contributed by atoms with van der Waals surface area (Å²) in [7, 11) is 0. The minimum Gasteiger partial charge on any atom is -0.454 e. The Hall–Kier alpha value is -1.07. The number of hydrogen-bond donors (Lipinski definition) is 5. The number of rotatable bonds is 3. The Morgan fingerprint density at radius 2 is 1.83 bits per heavy atom. The topological polar surface area (TPSA) is 146 Å². The molecule has 9 heteroatoms. The molecule has 9 nitrogen and oxygen atoms in total. The predicted molar refractivity (Wildman–Crippen MR) is 102 cm³/mol. The Labute approximate surface area is 175 Å². The molecule has 0 radical (unpaired) electrons. The molecule has 4 rings (SSSR count). The summed E-state index contributed by atoms with van der Waals surface area (Å²) < 4.78 is 17.1. The lowest BCUT2D eigenvalue weighted by Gasteiger charge is -2.51. The van der Waals surface area contributed by atoms with Gasteiger partial charge in [0.15, 0.2) is 12.4 Å². The average Bonchev–Trinajstić information content (AvgIpc) is 2.94. The molecule has 4 aliphatic rings. The molecule has 1 saturated carbocycles. The van der Waals surface area contributed by atoms with Gasteiger partial charge < -0.3 is 39.7 Å². The molecule has 2 aliphatic heterocycles. The first-order chi connectivity index (χ1) is 14.0. The van der Waals surface area contributed by atoms with Crippen LogP contribution in [0, 0.1) is 11.3 Å². The van der Waals surface area contributed by atoms with Crippen molar-refractivity contribution in [2.75, 3.05) is 6.61 Å². The molecule has 0 bridgehead atoms. The van der Waals surface area contributed by atoms with Gasteiger partial charge in [0.2, 0.25) is 0 Å². The highest BCUT2D eigenvalue weighted by Gasteiger charge is 2.62. The summed E-state index contributed by atoms with van der Waals surface area (Å²) in [5.41, 5.74) is 0.180. The van der Waals surface area contributed by atoms with Crippen molar-refractivity contribution >= 4 is 5.97 Å². The van der Waals surface area contributed by atoms with Gasteiger partial charge in [-0.05, 0) is 56.1 Å². The quantitative estimate of drug-likeness (QED) is 0.293. The second-order valence-electron chi connectivity index (χ2n) is 9.55. The van der Waals surface area contributed by atoms with Crippen LogP contribution in [-0.4, -0.2) is 86.6 Å². The average molecular weight is 428 g/mol. The van der Waals surface area contributed by atoms with E-state index in [9.17, 15) is 30.3 Å².